The van der Waals surface area contributed by atoms with E-state index in [9.17, 15) is 10.1 Å². The molecule has 1 N–H and O–H groups in total. The highest BCUT2D eigenvalue weighted by Crippen LogP contribution is 2.43. The van der Waals surface area contributed by atoms with Crippen LogP contribution in [0.15, 0.2) is 23.6 Å². The molecule has 0 spiro atoms. The summed E-state index contributed by atoms with van der Waals surface area (Å²) in [5, 5.41) is 15.2. The number of anilines is 1. The summed E-state index contributed by atoms with van der Waals surface area (Å²) < 4.78 is 0. The van der Waals surface area contributed by atoms with Crippen LogP contribution in [0.1, 0.15) is 48.1 Å². The Hall–Kier alpha value is -1.90. The van der Waals surface area contributed by atoms with Gasteiger partial charge in [0, 0.05) is 15.8 Å². The molecule has 0 aliphatic heterocycles. The first-order chi connectivity index (χ1) is 11.9. The van der Waals surface area contributed by atoms with Crippen molar-refractivity contribution in [2.45, 2.75) is 40.0 Å². The minimum atomic E-state index is -0.184. The van der Waals surface area contributed by atoms with E-state index in [1.807, 2.05) is 17.5 Å². The Labute approximate surface area is 157 Å². The van der Waals surface area contributed by atoms with E-state index in [1.165, 1.54) is 11.0 Å². The summed E-state index contributed by atoms with van der Waals surface area (Å²) in [6, 6.07) is 6.22. The molecule has 0 saturated carbocycles. The maximum Gasteiger partial charge on any atom is 0.249 e. The monoisotopic (exact) mass is 370 g/mol. The van der Waals surface area contributed by atoms with Gasteiger partial charge in [0.1, 0.15) is 11.1 Å². The number of carbonyl (C=O) groups is 1. The minimum Gasteiger partial charge on any atom is -0.313 e. The second-order valence-corrected chi connectivity index (χ2v) is 9.55. The summed E-state index contributed by atoms with van der Waals surface area (Å²) in [5.74, 6) is 0.434. The number of nitriles is 1. The molecule has 2 aromatic rings. The number of hydrogen-bond acceptors (Lipinski definition) is 4. The molecule has 130 valence electrons. The van der Waals surface area contributed by atoms with Gasteiger partial charge in [-0.2, -0.15) is 5.26 Å². The second-order valence-electron chi connectivity index (χ2n) is 7.46. The van der Waals surface area contributed by atoms with E-state index >= 15 is 0 Å². The largest absolute Gasteiger partial charge is 0.313 e. The van der Waals surface area contributed by atoms with Gasteiger partial charge in [-0.3, -0.25) is 4.79 Å². The number of nitrogens with one attached hydrogen (secondary N) is 1. The summed E-state index contributed by atoms with van der Waals surface area (Å²) in [7, 11) is 0. The molecule has 0 saturated heterocycles. The van der Waals surface area contributed by atoms with Crippen molar-refractivity contribution >= 4 is 39.7 Å². The predicted octanol–water partition coefficient (Wildman–Crippen LogP) is 5.48. The average Bonchev–Trinajstić information content (AvgIpc) is 3.18. The van der Waals surface area contributed by atoms with Gasteiger partial charge < -0.3 is 5.32 Å². The standard InChI is InChI=1S/C20H22N2OS2/c1-20(2,3)13-6-8-15-16(12-21)19(25-17(15)11-13)22-18(23)9-7-14-5-4-10-24-14/h4-5,7,9-10,13H,6,8,11H2,1-3H3,(H,22,23)/b9-7+. The van der Waals surface area contributed by atoms with Gasteiger partial charge in [-0.05, 0) is 53.7 Å². The zero-order valence-electron chi connectivity index (χ0n) is 14.8. The normalized spacial score (nSPS) is 17.3. The second kappa shape index (κ2) is 7.15. The number of carbonyl (C=O) groups excluding carboxylic acids is 1. The lowest BCUT2D eigenvalue weighted by molar-refractivity contribution is -0.111. The van der Waals surface area contributed by atoms with Crippen LogP contribution in [-0.4, -0.2) is 5.91 Å². The van der Waals surface area contributed by atoms with Crippen molar-refractivity contribution in [1.82, 2.24) is 0 Å². The fraction of sp³-hybridized carbons (Fsp3) is 0.400. The van der Waals surface area contributed by atoms with Crippen molar-refractivity contribution in [3.05, 3.63) is 44.5 Å². The molecule has 0 radical (unpaired) electrons. The minimum absolute atomic E-state index is 0.184. The van der Waals surface area contributed by atoms with Crippen LogP contribution in [0.25, 0.3) is 6.08 Å². The summed E-state index contributed by atoms with van der Waals surface area (Å²) in [6.07, 6.45) is 6.36. The first-order valence-corrected chi connectivity index (χ1v) is 10.2. The van der Waals surface area contributed by atoms with Crippen molar-refractivity contribution < 1.29 is 4.79 Å². The van der Waals surface area contributed by atoms with E-state index in [4.69, 9.17) is 0 Å². The van der Waals surface area contributed by atoms with Gasteiger partial charge in [0.2, 0.25) is 5.91 Å². The van der Waals surface area contributed by atoms with E-state index in [0.717, 1.165) is 29.7 Å². The van der Waals surface area contributed by atoms with E-state index in [2.05, 4.69) is 32.2 Å². The highest BCUT2D eigenvalue weighted by atomic mass is 32.1. The first-order valence-electron chi connectivity index (χ1n) is 8.45. The Bertz CT molecular complexity index is 832. The molecule has 0 aromatic carbocycles. The molecule has 1 aliphatic rings. The highest BCUT2D eigenvalue weighted by Gasteiger charge is 2.32. The molecule has 5 heteroatoms. The average molecular weight is 371 g/mol. The number of nitrogens with zero attached hydrogens (tertiary/aromatic N) is 1. The van der Waals surface area contributed by atoms with E-state index < -0.39 is 0 Å². The van der Waals surface area contributed by atoms with Gasteiger partial charge >= 0.3 is 0 Å². The molecule has 0 bridgehead atoms. The molecule has 2 aromatic heterocycles. The first kappa shape index (κ1) is 17.9. The lowest BCUT2D eigenvalue weighted by Gasteiger charge is -2.33. The maximum atomic E-state index is 12.2. The molecule has 3 rings (SSSR count). The number of fused-ring (bicyclic) bond motifs is 1. The van der Waals surface area contributed by atoms with Crippen LogP contribution in [0.5, 0.6) is 0 Å². The maximum absolute atomic E-state index is 12.2. The third-order valence-electron chi connectivity index (χ3n) is 4.78. The van der Waals surface area contributed by atoms with Gasteiger partial charge in [-0.25, -0.2) is 0 Å². The molecule has 1 atom stereocenters. The van der Waals surface area contributed by atoms with Crippen molar-refractivity contribution in [3.8, 4) is 6.07 Å². The topological polar surface area (TPSA) is 52.9 Å². The van der Waals surface area contributed by atoms with Crippen LogP contribution >= 0.6 is 22.7 Å². The summed E-state index contributed by atoms with van der Waals surface area (Å²) in [5.41, 5.74) is 2.07. The molecular formula is C20H22N2OS2. The SMILES string of the molecule is CC(C)(C)C1CCc2c(sc(NC(=O)/C=C/c3cccs3)c2C#N)C1. The summed E-state index contributed by atoms with van der Waals surface area (Å²) in [6.45, 7) is 6.83. The summed E-state index contributed by atoms with van der Waals surface area (Å²) >= 11 is 3.16. The fourth-order valence-corrected chi connectivity index (χ4v) is 5.13. The Morgan fingerprint density at radius 3 is 2.88 bits per heavy atom. The molecule has 3 nitrogen and oxygen atoms in total. The molecule has 25 heavy (non-hydrogen) atoms. The zero-order chi connectivity index (χ0) is 18.0. The highest BCUT2D eigenvalue weighted by molar-refractivity contribution is 7.16. The van der Waals surface area contributed by atoms with E-state index in [0.29, 0.717) is 16.5 Å². The van der Waals surface area contributed by atoms with E-state index in [1.54, 1.807) is 28.7 Å². The van der Waals surface area contributed by atoms with Gasteiger partial charge in [-0.1, -0.05) is 26.8 Å². The zero-order valence-corrected chi connectivity index (χ0v) is 16.4. The van der Waals surface area contributed by atoms with Crippen LogP contribution in [0.4, 0.5) is 5.00 Å². The Kier molecular flexibility index (Phi) is 5.12. The number of amides is 1. The van der Waals surface area contributed by atoms with Crippen molar-refractivity contribution in [1.29, 1.82) is 5.26 Å². The molecule has 0 fully saturated rings. The van der Waals surface area contributed by atoms with Crippen molar-refractivity contribution in [3.63, 3.8) is 0 Å². The molecule has 1 aliphatic carbocycles. The van der Waals surface area contributed by atoms with Gasteiger partial charge in [0.15, 0.2) is 0 Å². The van der Waals surface area contributed by atoms with Crippen LogP contribution < -0.4 is 5.32 Å². The summed E-state index contributed by atoms with van der Waals surface area (Å²) in [4.78, 5) is 14.5. The van der Waals surface area contributed by atoms with Crippen LogP contribution in [0, 0.1) is 22.7 Å². The molecule has 1 unspecified atom stereocenters. The predicted molar refractivity (Wildman–Crippen MR) is 106 cm³/mol. The fourth-order valence-electron chi connectivity index (χ4n) is 3.23. The smallest absolute Gasteiger partial charge is 0.249 e. The lowest BCUT2D eigenvalue weighted by atomic mass is 9.72. The molecular weight excluding hydrogens is 348 g/mol. The molecule has 1 amide bonds. The Balaban J connectivity index is 1.78. The van der Waals surface area contributed by atoms with E-state index in [-0.39, 0.29) is 11.3 Å². The number of rotatable bonds is 3. The number of hydrogen-bond donors (Lipinski definition) is 1. The van der Waals surface area contributed by atoms with Gasteiger partial charge in [-0.15, -0.1) is 22.7 Å². The Morgan fingerprint density at radius 1 is 1.44 bits per heavy atom. The third kappa shape index (κ3) is 4.02. The van der Waals surface area contributed by atoms with Crippen LogP contribution in [0.3, 0.4) is 0 Å². The van der Waals surface area contributed by atoms with Crippen LogP contribution in [0.2, 0.25) is 0 Å². The van der Waals surface area contributed by atoms with Crippen molar-refractivity contribution in [2.75, 3.05) is 5.32 Å². The Morgan fingerprint density at radius 2 is 2.24 bits per heavy atom. The lowest BCUT2D eigenvalue weighted by Crippen LogP contribution is -2.26. The van der Waals surface area contributed by atoms with Crippen LogP contribution in [-0.2, 0) is 17.6 Å². The quantitative estimate of drug-likeness (QED) is 0.727. The van der Waals surface area contributed by atoms with Gasteiger partial charge in [0.05, 0.1) is 5.56 Å². The number of thiophene rings is 2. The van der Waals surface area contributed by atoms with Gasteiger partial charge in [0.25, 0.3) is 0 Å². The molecule has 2 heterocycles. The third-order valence-corrected chi connectivity index (χ3v) is 6.79. The van der Waals surface area contributed by atoms with Crippen molar-refractivity contribution in [2.24, 2.45) is 11.3 Å².